The summed E-state index contributed by atoms with van der Waals surface area (Å²) in [7, 11) is 0. The predicted octanol–water partition coefficient (Wildman–Crippen LogP) is 2.81. The van der Waals surface area contributed by atoms with Gasteiger partial charge in [0.2, 0.25) is 11.9 Å². The Hall–Kier alpha value is -2.86. The summed E-state index contributed by atoms with van der Waals surface area (Å²) < 4.78 is 1.90. The standard InChI is InChI=1S/C21H24N4O2/c1-15(26)13-22-21-23-17-9-3-5-11-19(17)25(21)14-20(27)24-12-6-8-16-7-2-4-10-18(16)24/h2-5,7,9-11,15,26H,6,8,12-14H2,1H3,(H,22,23)/t15-/m0/s1. The van der Waals surface area contributed by atoms with E-state index < -0.39 is 6.10 Å². The number of imidazole rings is 1. The molecule has 0 saturated carbocycles. The smallest absolute Gasteiger partial charge is 0.247 e. The highest BCUT2D eigenvalue weighted by Crippen LogP contribution is 2.28. The normalized spacial score (nSPS) is 14.8. The van der Waals surface area contributed by atoms with E-state index in [0.29, 0.717) is 12.5 Å². The average molecular weight is 364 g/mol. The maximum atomic E-state index is 13.2. The number of aliphatic hydroxyl groups is 1. The van der Waals surface area contributed by atoms with Gasteiger partial charge in [0, 0.05) is 18.8 Å². The number of carbonyl (C=O) groups is 1. The third kappa shape index (κ3) is 3.53. The van der Waals surface area contributed by atoms with Crippen molar-refractivity contribution in [1.82, 2.24) is 9.55 Å². The van der Waals surface area contributed by atoms with E-state index in [9.17, 15) is 9.90 Å². The molecule has 0 radical (unpaired) electrons. The van der Waals surface area contributed by atoms with Crippen molar-refractivity contribution in [2.75, 3.05) is 23.3 Å². The van der Waals surface area contributed by atoms with Crippen LogP contribution in [0.25, 0.3) is 11.0 Å². The van der Waals surface area contributed by atoms with Crippen LogP contribution in [-0.4, -0.2) is 39.8 Å². The lowest BCUT2D eigenvalue weighted by Gasteiger charge is -2.29. The van der Waals surface area contributed by atoms with Crippen LogP contribution in [-0.2, 0) is 17.8 Å². The van der Waals surface area contributed by atoms with Crippen molar-refractivity contribution < 1.29 is 9.90 Å². The number of anilines is 2. The van der Waals surface area contributed by atoms with Gasteiger partial charge in [0.1, 0.15) is 6.54 Å². The van der Waals surface area contributed by atoms with E-state index >= 15 is 0 Å². The van der Waals surface area contributed by atoms with Crippen LogP contribution in [0.15, 0.2) is 48.5 Å². The molecule has 0 saturated heterocycles. The number of nitrogens with one attached hydrogen (secondary N) is 1. The first-order valence-electron chi connectivity index (χ1n) is 9.39. The summed E-state index contributed by atoms with van der Waals surface area (Å²) in [5.41, 5.74) is 3.97. The van der Waals surface area contributed by atoms with Crippen molar-refractivity contribution in [3.63, 3.8) is 0 Å². The summed E-state index contributed by atoms with van der Waals surface area (Å²) in [4.78, 5) is 19.6. The van der Waals surface area contributed by atoms with Gasteiger partial charge >= 0.3 is 0 Å². The Morgan fingerprint density at radius 1 is 1.22 bits per heavy atom. The molecule has 140 valence electrons. The van der Waals surface area contributed by atoms with E-state index in [-0.39, 0.29) is 12.5 Å². The molecule has 6 nitrogen and oxygen atoms in total. The molecule has 3 aromatic rings. The Bertz CT molecular complexity index is 964. The van der Waals surface area contributed by atoms with Gasteiger partial charge in [-0.05, 0) is 43.5 Å². The highest BCUT2D eigenvalue weighted by atomic mass is 16.3. The van der Waals surface area contributed by atoms with Crippen LogP contribution in [0.2, 0.25) is 0 Å². The van der Waals surface area contributed by atoms with Gasteiger partial charge in [0.05, 0.1) is 17.1 Å². The number of fused-ring (bicyclic) bond motifs is 2. The van der Waals surface area contributed by atoms with Crippen molar-refractivity contribution in [1.29, 1.82) is 0 Å². The van der Waals surface area contributed by atoms with Gasteiger partial charge in [0.15, 0.2) is 0 Å². The van der Waals surface area contributed by atoms with Crippen LogP contribution >= 0.6 is 0 Å². The predicted molar refractivity (Wildman–Crippen MR) is 107 cm³/mol. The van der Waals surface area contributed by atoms with Gasteiger partial charge in [-0.2, -0.15) is 0 Å². The lowest BCUT2D eigenvalue weighted by atomic mass is 10.0. The van der Waals surface area contributed by atoms with E-state index in [1.807, 2.05) is 51.9 Å². The molecule has 0 unspecified atom stereocenters. The van der Waals surface area contributed by atoms with Crippen LogP contribution in [0.5, 0.6) is 0 Å². The Kier molecular flexibility index (Phi) is 4.81. The van der Waals surface area contributed by atoms with Crippen LogP contribution in [0, 0.1) is 0 Å². The monoisotopic (exact) mass is 364 g/mol. The van der Waals surface area contributed by atoms with E-state index in [1.54, 1.807) is 6.92 Å². The number of rotatable bonds is 5. The molecular weight excluding hydrogens is 340 g/mol. The summed E-state index contributed by atoms with van der Waals surface area (Å²) >= 11 is 0. The number of carbonyl (C=O) groups excluding carboxylic acids is 1. The van der Waals surface area contributed by atoms with Crippen molar-refractivity contribution in [2.45, 2.75) is 32.4 Å². The van der Waals surface area contributed by atoms with Gasteiger partial charge in [-0.25, -0.2) is 4.98 Å². The molecule has 2 N–H and O–H groups in total. The molecule has 4 rings (SSSR count). The fourth-order valence-corrected chi connectivity index (χ4v) is 3.62. The second kappa shape index (κ2) is 7.40. The van der Waals surface area contributed by atoms with E-state index in [1.165, 1.54) is 5.56 Å². The number of para-hydroxylation sites is 3. The minimum absolute atomic E-state index is 0.0467. The summed E-state index contributed by atoms with van der Waals surface area (Å²) in [5, 5.41) is 12.8. The molecule has 6 heteroatoms. The van der Waals surface area contributed by atoms with Gasteiger partial charge in [0.25, 0.3) is 0 Å². The molecule has 1 amide bonds. The maximum absolute atomic E-state index is 13.2. The molecule has 2 aromatic carbocycles. The number of aromatic nitrogens is 2. The van der Waals surface area contributed by atoms with Crippen LogP contribution in [0.3, 0.4) is 0 Å². The van der Waals surface area contributed by atoms with Gasteiger partial charge in [-0.3, -0.25) is 4.79 Å². The minimum Gasteiger partial charge on any atom is -0.392 e. The van der Waals surface area contributed by atoms with Crippen LogP contribution in [0.4, 0.5) is 11.6 Å². The Labute approximate surface area is 158 Å². The number of hydrogen-bond acceptors (Lipinski definition) is 4. The first-order chi connectivity index (χ1) is 13.1. The average Bonchev–Trinajstić information content (AvgIpc) is 3.03. The van der Waals surface area contributed by atoms with Crippen molar-refractivity contribution in [3.05, 3.63) is 54.1 Å². The molecule has 0 bridgehead atoms. The van der Waals surface area contributed by atoms with Crippen molar-refractivity contribution in [3.8, 4) is 0 Å². The Morgan fingerprint density at radius 2 is 2.00 bits per heavy atom. The first kappa shape index (κ1) is 17.5. The van der Waals surface area contributed by atoms with E-state index in [4.69, 9.17) is 0 Å². The van der Waals surface area contributed by atoms with E-state index in [2.05, 4.69) is 16.4 Å². The summed E-state index contributed by atoms with van der Waals surface area (Å²) in [6.07, 6.45) is 1.48. The second-order valence-corrected chi connectivity index (χ2v) is 7.02. The SMILES string of the molecule is C[C@H](O)CNc1nc2ccccc2n1CC(=O)N1CCCc2ccccc21. The zero-order chi connectivity index (χ0) is 18.8. The zero-order valence-corrected chi connectivity index (χ0v) is 15.4. The molecule has 27 heavy (non-hydrogen) atoms. The fourth-order valence-electron chi connectivity index (χ4n) is 3.62. The third-order valence-electron chi connectivity index (χ3n) is 4.91. The van der Waals surface area contributed by atoms with E-state index in [0.717, 1.165) is 36.1 Å². The summed E-state index contributed by atoms with van der Waals surface area (Å²) in [6, 6.07) is 15.9. The van der Waals surface area contributed by atoms with Crippen LogP contribution in [0.1, 0.15) is 18.9 Å². The van der Waals surface area contributed by atoms with Crippen molar-refractivity contribution in [2.24, 2.45) is 0 Å². The summed E-state index contributed by atoms with van der Waals surface area (Å²) in [6.45, 7) is 3.04. The highest BCUT2D eigenvalue weighted by molar-refractivity contribution is 5.95. The minimum atomic E-state index is -0.497. The number of hydrogen-bond donors (Lipinski definition) is 2. The third-order valence-corrected chi connectivity index (χ3v) is 4.91. The molecule has 1 aromatic heterocycles. The highest BCUT2D eigenvalue weighted by Gasteiger charge is 2.24. The zero-order valence-electron chi connectivity index (χ0n) is 15.4. The first-order valence-corrected chi connectivity index (χ1v) is 9.39. The maximum Gasteiger partial charge on any atom is 0.247 e. The number of nitrogens with zero attached hydrogens (tertiary/aromatic N) is 3. The Morgan fingerprint density at radius 3 is 2.85 bits per heavy atom. The van der Waals surface area contributed by atoms with Gasteiger partial charge in [-0.1, -0.05) is 30.3 Å². The number of amides is 1. The number of aliphatic hydroxyl groups excluding tert-OH is 1. The molecule has 0 aliphatic carbocycles. The lowest BCUT2D eigenvalue weighted by Crippen LogP contribution is -2.38. The topological polar surface area (TPSA) is 70.4 Å². The number of benzene rings is 2. The second-order valence-electron chi connectivity index (χ2n) is 7.02. The van der Waals surface area contributed by atoms with Crippen molar-refractivity contribution >= 4 is 28.6 Å². The number of aryl methyl sites for hydroxylation is 1. The molecule has 0 spiro atoms. The molecule has 1 aliphatic heterocycles. The van der Waals surface area contributed by atoms with Crippen LogP contribution < -0.4 is 10.2 Å². The quantitative estimate of drug-likeness (QED) is 0.730. The summed E-state index contributed by atoms with van der Waals surface area (Å²) in [5.74, 6) is 0.654. The lowest BCUT2D eigenvalue weighted by molar-refractivity contribution is -0.119. The molecular formula is C21H24N4O2. The van der Waals surface area contributed by atoms with Gasteiger partial charge in [-0.15, -0.1) is 0 Å². The fraction of sp³-hybridized carbons (Fsp3) is 0.333. The van der Waals surface area contributed by atoms with Gasteiger partial charge < -0.3 is 19.9 Å². The molecule has 2 heterocycles. The molecule has 1 aliphatic rings. The molecule has 0 fully saturated rings. The largest absolute Gasteiger partial charge is 0.392 e. The Balaban J connectivity index is 1.65. The molecule has 1 atom stereocenters.